The summed E-state index contributed by atoms with van der Waals surface area (Å²) in [6, 6.07) is 5.47. The van der Waals surface area contributed by atoms with Gasteiger partial charge in [-0.25, -0.2) is 0 Å². The molecule has 1 aromatic carbocycles. The summed E-state index contributed by atoms with van der Waals surface area (Å²) < 4.78 is 0.175. The average Bonchev–Trinajstić information content (AvgIpc) is 2.26. The Morgan fingerprint density at radius 3 is 2.59 bits per heavy atom. The van der Waals surface area contributed by atoms with Crippen LogP contribution >= 0.6 is 11.8 Å². The lowest BCUT2D eigenvalue weighted by molar-refractivity contribution is 0.101. The second kappa shape index (κ2) is 5.45. The van der Waals surface area contributed by atoms with Crippen LogP contribution in [-0.2, 0) is 0 Å². The quantitative estimate of drug-likeness (QED) is 0.625. The molecule has 0 aromatic heterocycles. The van der Waals surface area contributed by atoms with E-state index >= 15 is 0 Å². The molecule has 0 aliphatic rings. The highest BCUT2D eigenvalue weighted by atomic mass is 32.2. The minimum Gasteiger partial charge on any atom is -0.398 e. The lowest BCUT2D eigenvalue weighted by Crippen LogP contribution is -2.25. The van der Waals surface area contributed by atoms with Crippen molar-refractivity contribution in [3.05, 3.63) is 23.8 Å². The monoisotopic (exact) mass is 252 g/mol. The van der Waals surface area contributed by atoms with Crippen LogP contribution in [0.25, 0.3) is 0 Å². The predicted molar refractivity (Wildman–Crippen MR) is 76.9 cm³/mol. The Balaban J connectivity index is 2.75. The molecule has 0 fully saturated rings. The molecule has 0 aliphatic heterocycles. The first-order valence-electron chi connectivity index (χ1n) is 5.55. The Bertz CT molecular complexity index is 416. The number of nitrogens with two attached hydrogens (primary N) is 1. The Hall–Kier alpha value is -1.16. The molecule has 0 saturated heterocycles. The zero-order chi connectivity index (χ0) is 13.1. The fourth-order valence-electron chi connectivity index (χ4n) is 1.38. The van der Waals surface area contributed by atoms with Crippen LogP contribution in [-0.4, -0.2) is 23.3 Å². The third-order valence-electron chi connectivity index (χ3n) is 2.70. The smallest absolute Gasteiger partial charge is 0.161 e. The molecule has 3 nitrogen and oxygen atoms in total. The molecule has 1 rings (SSSR count). The maximum atomic E-state index is 11.2. The third kappa shape index (κ3) is 3.97. The maximum absolute atomic E-state index is 11.2. The van der Waals surface area contributed by atoms with Gasteiger partial charge in [-0.3, -0.25) is 4.79 Å². The lowest BCUT2D eigenvalue weighted by atomic mass is 10.1. The molecule has 0 radical (unpaired) electrons. The fraction of sp³-hybridized carbons (Fsp3) is 0.462. The maximum Gasteiger partial charge on any atom is 0.161 e. The number of nitrogen functional groups attached to an aromatic ring is 1. The third-order valence-corrected chi connectivity index (χ3v) is 3.95. The van der Waals surface area contributed by atoms with Gasteiger partial charge in [-0.05, 0) is 45.2 Å². The molecule has 3 N–H and O–H groups in total. The van der Waals surface area contributed by atoms with E-state index in [1.54, 1.807) is 6.07 Å². The van der Waals surface area contributed by atoms with Gasteiger partial charge in [0, 0.05) is 28.2 Å². The Morgan fingerprint density at radius 1 is 1.47 bits per heavy atom. The van der Waals surface area contributed by atoms with Crippen molar-refractivity contribution in [3.63, 3.8) is 0 Å². The van der Waals surface area contributed by atoms with E-state index in [2.05, 4.69) is 25.4 Å². The van der Waals surface area contributed by atoms with Crippen LogP contribution < -0.4 is 11.1 Å². The van der Waals surface area contributed by atoms with Crippen molar-refractivity contribution in [1.82, 2.24) is 0 Å². The summed E-state index contributed by atoms with van der Waals surface area (Å²) in [7, 11) is 0. The minimum atomic E-state index is -0.00139. The van der Waals surface area contributed by atoms with Crippen molar-refractivity contribution in [2.75, 3.05) is 23.9 Å². The zero-order valence-corrected chi connectivity index (χ0v) is 11.6. The van der Waals surface area contributed by atoms with Crippen LogP contribution in [0.5, 0.6) is 0 Å². The van der Waals surface area contributed by atoms with E-state index in [1.807, 2.05) is 23.9 Å². The molecule has 0 amide bonds. The highest BCUT2D eigenvalue weighted by Gasteiger charge is 2.15. The highest BCUT2D eigenvalue weighted by molar-refractivity contribution is 7.99. The minimum absolute atomic E-state index is 0.00139. The van der Waals surface area contributed by atoms with E-state index in [0.29, 0.717) is 11.3 Å². The second-order valence-corrected chi connectivity index (χ2v) is 6.19. The van der Waals surface area contributed by atoms with Gasteiger partial charge in [0.1, 0.15) is 0 Å². The molecule has 0 bridgehead atoms. The molecule has 0 spiro atoms. The average molecular weight is 252 g/mol. The normalized spacial score (nSPS) is 11.3. The van der Waals surface area contributed by atoms with Crippen molar-refractivity contribution < 1.29 is 4.79 Å². The van der Waals surface area contributed by atoms with Crippen molar-refractivity contribution >= 4 is 28.9 Å². The van der Waals surface area contributed by atoms with Crippen molar-refractivity contribution in [2.24, 2.45) is 0 Å². The van der Waals surface area contributed by atoms with E-state index in [0.717, 1.165) is 12.2 Å². The van der Waals surface area contributed by atoms with E-state index in [4.69, 9.17) is 5.73 Å². The number of Topliss-reactive ketones (excluding diaryl/α,β-unsaturated/α-hetero) is 1. The number of rotatable bonds is 5. The van der Waals surface area contributed by atoms with Crippen LogP contribution in [0.2, 0.25) is 0 Å². The van der Waals surface area contributed by atoms with Crippen molar-refractivity contribution in [3.8, 4) is 0 Å². The van der Waals surface area contributed by atoms with E-state index in [9.17, 15) is 4.79 Å². The summed E-state index contributed by atoms with van der Waals surface area (Å²) >= 11 is 1.81. The van der Waals surface area contributed by atoms with Gasteiger partial charge in [0.15, 0.2) is 5.78 Å². The number of thioether (sulfide) groups is 1. The first-order chi connectivity index (χ1) is 7.85. The molecule has 0 saturated carbocycles. The number of nitrogens with one attached hydrogen (secondary N) is 1. The van der Waals surface area contributed by atoms with Gasteiger partial charge in [0.2, 0.25) is 0 Å². The van der Waals surface area contributed by atoms with Gasteiger partial charge in [-0.15, -0.1) is 0 Å². The summed E-state index contributed by atoms with van der Waals surface area (Å²) in [4.78, 5) is 11.2. The summed E-state index contributed by atoms with van der Waals surface area (Å²) in [6.07, 6.45) is 2.09. The van der Waals surface area contributed by atoms with Crippen LogP contribution in [0, 0.1) is 0 Å². The fourth-order valence-corrected chi connectivity index (χ4v) is 1.60. The second-order valence-electron chi connectivity index (χ2n) is 4.68. The van der Waals surface area contributed by atoms with Crippen LogP contribution in [0.4, 0.5) is 11.4 Å². The molecule has 94 valence electrons. The molecule has 0 unspecified atom stereocenters. The van der Waals surface area contributed by atoms with Crippen molar-refractivity contribution in [1.29, 1.82) is 0 Å². The van der Waals surface area contributed by atoms with E-state index in [-0.39, 0.29) is 10.5 Å². The van der Waals surface area contributed by atoms with E-state index in [1.165, 1.54) is 6.92 Å². The number of anilines is 2. The summed E-state index contributed by atoms with van der Waals surface area (Å²) in [5, 5.41) is 3.33. The molecule has 0 heterocycles. The first-order valence-corrected chi connectivity index (χ1v) is 6.78. The number of hydrogen-bond acceptors (Lipinski definition) is 4. The molecular formula is C13H20N2OS. The summed E-state index contributed by atoms with van der Waals surface area (Å²) in [5.41, 5.74) is 7.90. The zero-order valence-electron chi connectivity index (χ0n) is 10.8. The van der Waals surface area contributed by atoms with Gasteiger partial charge < -0.3 is 11.1 Å². The lowest BCUT2D eigenvalue weighted by Gasteiger charge is -2.23. The molecule has 1 aromatic rings. The van der Waals surface area contributed by atoms with Gasteiger partial charge >= 0.3 is 0 Å². The predicted octanol–water partition coefficient (Wildman–Crippen LogP) is 3.02. The number of benzene rings is 1. The number of hydrogen-bond donors (Lipinski definition) is 2. The highest BCUT2D eigenvalue weighted by Crippen LogP contribution is 2.23. The number of carbonyl (C=O) groups is 1. The molecule has 0 atom stereocenters. The Morgan fingerprint density at radius 2 is 2.12 bits per heavy atom. The first kappa shape index (κ1) is 13.9. The van der Waals surface area contributed by atoms with Gasteiger partial charge in [0.05, 0.1) is 0 Å². The Kier molecular flexibility index (Phi) is 4.46. The summed E-state index contributed by atoms with van der Waals surface area (Å²) in [6.45, 7) is 6.73. The molecule has 17 heavy (non-hydrogen) atoms. The summed E-state index contributed by atoms with van der Waals surface area (Å²) in [5.74, 6) is -0.00139. The largest absolute Gasteiger partial charge is 0.398 e. The van der Waals surface area contributed by atoms with Gasteiger partial charge in [-0.1, -0.05) is 0 Å². The van der Waals surface area contributed by atoms with Gasteiger partial charge in [0.25, 0.3) is 0 Å². The topological polar surface area (TPSA) is 55.1 Å². The number of ketones is 1. The molecule has 4 heteroatoms. The Labute approximate surface area is 107 Å². The van der Waals surface area contributed by atoms with Gasteiger partial charge in [-0.2, -0.15) is 11.8 Å². The molecular weight excluding hydrogens is 232 g/mol. The SMILES string of the molecule is CSC(C)(C)CNc1ccc(C(C)=O)c(N)c1. The van der Waals surface area contributed by atoms with Crippen LogP contribution in [0.1, 0.15) is 31.1 Å². The number of carbonyl (C=O) groups excluding carboxylic acids is 1. The van der Waals surface area contributed by atoms with Crippen LogP contribution in [0.3, 0.4) is 0 Å². The molecule has 0 aliphatic carbocycles. The van der Waals surface area contributed by atoms with E-state index < -0.39 is 0 Å². The van der Waals surface area contributed by atoms with Crippen LogP contribution in [0.15, 0.2) is 18.2 Å². The van der Waals surface area contributed by atoms with Crippen molar-refractivity contribution in [2.45, 2.75) is 25.5 Å². The standard InChI is InChI=1S/C13H20N2OS/c1-9(16)11-6-5-10(7-12(11)14)15-8-13(2,3)17-4/h5-7,15H,8,14H2,1-4H3.